The molecule has 2 aromatic carbocycles. The molecule has 0 spiro atoms. The van der Waals surface area contributed by atoms with Gasteiger partial charge in [0.25, 0.3) is 0 Å². The molecular weight excluding hydrogens is 470 g/mol. The van der Waals surface area contributed by atoms with E-state index in [1.807, 2.05) is 41.9 Å². The smallest absolute Gasteiger partial charge is 0.306 e. The van der Waals surface area contributed by atoms with Gasteiger partial charge in [0.05, 0.1) is 17.9 Å². The predicted octanol–water partition coefficient (Wildman–Crippen LogP) is 4.24. The Balaban J connectivity index is 1.28. The van der Waals surface area contributed by atoms with Crippen molar-refractivity contribution >= 4 is 27.6 Å². The lowest BCUT2D eigenvalue weighted by Gasteiger charge is -2.14. The fourth-order valence-electron chi connectivity index (χ4n) is 4.09. The fourth-order valence-corrected chi connectivity index (χ4v) is 5.42. The van der Waals surface area contributed by atoms with Crippen LogP contribution in [-0.2, 0) is 23.6 Å². The van der Waals surface area contributed by atoms with E-state index >= 15 is 0 Å². The van der Waals surface area contributed by atoms with Crippen molar-refractivity contribution in [3.63, 3.8) is 0 Å². The number of nitrogens with zero attached hydrogens (tertiary/aromatic N) is 4. The van der Waals surface area contributed by atoms with Crippen molar-refractivity contribution in [1.29, 1.82) is 5.26 Å². The summed E-state index contributed by atoms with van der Waals surface area (Å²) in [5, 5.41) is 22.1. The van der Waals surface area contributed by atoms with Gasteiger partial charge in [-0.2, -0.15) is 13.7 Å². The summed E-state index contributed by atoms with van der Waals surface area (Å²) in [6, 6.07) is 15.0. The first-order chi connectivity index (χ1) is 16.3. The zero-order valence-electron chi connectivity index (χ0n) is 19.2. The molecule has 0 aliphatic carbocycles. The van der Waals surface area contributed by atoms with E-state index in [-0.39, 0.29) is 0 Å². The van der Waals surface area contributed by atoms with Crippen LogP contribution in [0.25, 0.3) is 11.4 Å². The summed E-state index contributed by atoms with van der Waals surface area (Å²) < 4.78 is 29.8. The molecule has 0 bridgehead atoms. The van der Waals surface area contributed by atoms with Crippen LogP contribution in [0, 0.1) is 17.2 Å². The number of nitrogens with one attached hydrogen (secondary N) is 1. The SMILES string of the molecule is Cn1c(SCCCC2CCc3cc(OS(C)(=O)=O)ccc3NC2)nnc1-c1cccc(C#N)c1. The van der Waals surface area contributed by atoms with Crippen LogP contribution >= 0.6 is 11.8 Å². The summed E-state index contributed by atoms with van der Waals surface area (Å²) in [7, 11) is -1.58. The molecule has 0 saturated carbocycles. The molecule has 8 nitrogen and oxygen atoms in total. The molecule has 0 saturated heterocycles. The number of benzene rings is 2. The van der Waals surface area contributed by atoms with Gasteiger partial charge in [-0.3, -0.25) is 0 Å². The number of fused-ring (bicyclic) bond motifs is 1. The average molecular weight is 498 g/mol. The third kappa shape index (κ3) is 6.10. The molecule has 1 aliphatic rings. The Morgan fingerprint density at radius 2 is 2.12 bits per heavy atom. The second-order valence-corrected chi connectivity index (χ2v) is 11.1. The Hall–Kier alpha value is -3.03. The maximum atomic E-state index is 11.4. The minimum atomic E-state index is -3.53. The molecule has 2 heterocycles. The molecule has 10 heteroatoms. The van der Waals surface area contributed by atoms with E-state index in [9.17, 15) is 8.42 Å². The minimum Gasteiger partial charge on any atom is -0.385 e. The number of anilines is 1. The third-order valence-electron chi connectivity index (χ3n) is 5.80. The number of hydrogen-bond acceptors (Lipinski definition) is 8. The second kappa shape index (κ2) is 10.5. The molecule has 0 fully saturated rings. The van der Waals surface area contributed by atoms with E-state index in [4.69, 9.17) is 9.44 Å². The van der Waals surface area contributed by atoms with E-state index in [1.54, 1.807) is 23.9 Å². The predicted molar refractivity (Wildman–Crippen MR) is 133 cm³/mol. The van der Waals surface area contributed by atoms with Crippen molar-refractivity contribution < 1.29 is 12.6 Å². The van der Waals surface area contributed by atoms with E-state index in [0.29, 0.717) is 17.2 Å². The molecular formula is C24H27N5O3S2. The summed E-state index contributed by atoms with van der Waals surface area (Å²) in [6.07, 6.45) is 5.13. The molecule has 1 aromatic heterocycles. The zero-order chi connectivity index (χ0) is 24.1. The van der Waals surface area contributed by atoms with Gasteiger partial charge >= 0.3 is 10.1 Å². The summed E-state index contributed by atoms with van der Waals surface area (Å²) >= 11 is 1.69. The molecule has 4 rings (SSSR count). The van der Waals surface area contributed by atoms with Crippen LogP contribution < -0.4 is 9.50 Å². The lowest BCUT2D eigenvalue weighted by Crippen LogP contribution is -2.12. The van der Waals surface area contributed by atoms with Crippen molar-refractivity contribution in [2.24, 2.45) is 13.0 Å². The summed E-state index contributed by atoms with van der Waals surface area (Å²) in [5.41, 5.74) is 3.62. The Bertz CT molecular complexity index is 1310. The van der Waals surface area contributed by atoms with Gasteiger partial charge in [0.15, 0.2) is 11.0 Å². The maximum absolute atomic E-state index is 11.4. The van der Waals surface area contributed by atoms with E-state index in [1.165, 1.54) is 0 Å². The summed E-state index contributed by atoms with van der Waals surface area (Å²) in [4.78, 5) is 0. The van der Waals surface area contributed by atoms with Gasteiger partial charge in [-0.1, -0.05) is 23.9 Å². The first-order valence-electron chi connectivity index (χ1n) is 11.1. The molecule has 0 radical (unpaired) electrons. The highest BCUT2D eigenvalue weighted by Crippen LogP contribution is 2.30. The molecule has 0 amide bonds. The van der Waals surface area contributed by atoms with Crippen LogP contribution in [0.3, 0.4) is 0 Å². The van der Waals surface area contributed by atoms with E-state index in [2.05, 4.69) is 21.6 Å². The van der Waals surface area contributed by atoms with Crippen molar-refractivity contribution in [3.05, 3.63) is 53.6 Å². The third-order valence-corrected chi connectivity index (χ3v) is 7.40. The number of thioether (sulfide) groups is 1. The molecule has 178 valence electrons. The average Bonchev–Trinajstić information content (AvgIpc) is 3.05. The fraction of sp³-hybridized carbons (Fsp3) is 0.375. The highest BCUT2D eigenvalue weighted by Gasteiger charge is 2.18. The summed E-state index contributed by atoms with van der Waals surface area (Å²) in [6.45, 7) is 0.896. The van der Waals surface area contributed by atoms with Gasteiger partial charge in [0.1, 0.15) is 5.75 Å². The van der Waals surface area contributed by atoms with Gasteiger partial charge in [-0.15, -0.1) is 10.2 Å². The van der Waals surface area contributed by atoms with E-state index in [0.717, 1.165) is 72.0 Å². The summed E-state index contributed by atoms with van der Waals surface area (Å²) in [5.74, 6) is 2.60. The maximum Gasteiger partial charge on any atom is 0.306 e. The lowest BCUT2D eigenvalue weighted by atomic mass is 9.97. The minimum absolute atomic E-state index is 0.361. The molecule has 1 atom stereocenters. The number of aromatic nitrogens is 3. The number of hydrogen-bond donors (Lipinski definition) is 1. The molecule has 34 heavy (non-hydrogen) atoms. The second-order valence-electron chi connectivity index (χ2n) is 8.44. The van der Waals surface area contributed by atoms with Gasteiger partial charge < -0.3 is 14.1 Å². The molecule has 1 N–H and O–H groups in total. The Kier molecular flexibility index (Phi) is 7.44. The van der Waals surface area contributed by atoms with E-state index < -0.39 is 10.1 Å². The first kappa shape index (κ1) is 24.1. The molecule has 1 unspecified atom stereocenters. The van der Waals surface area contributed by atoms with Gasteiger partial charge in [-0.05, 0) is 67.5 Å². The highest BCUT2D eigenvalue weighted by atomic mass is 32.2. The highest BCUT2D eigenvalue weighted by molar-refractivity contribution is 7.99. The van der Waals surface area contributed by atoms with Crippen LogP contribution in [-0.4, -0.2) is 41.7 Å². The van der Waals surface area contributed by atoms with Crippen LogP contribution in [0.5, 0.6) is 5.75 Å². The largest absolute Gasteiger partial charge is 0.385 e. The number of rotatable bonds is 8. The number of nitriles is 1. The topological polar surface area (TPSA) is 110 Å². The molecule has 3 aromatic rings. The Morgan fingerprint density at radius 1 is 1.26 bits per heavy atom. The van der Waals surface area contributed by atoms with Crippen molar-refractivity contribution in [2.45, 2.75) is 30.8 Å². The quantitative estimate of drug-likeness (QED) is 0.280. The Morgan fingerprint density at radius 3 is 2.91 bits per heavy atom. The van der Waals surface area contributed by atoms with Gasteiger partial charge in [-0.25, -0.2) is 0 Å². The van der Waals surface area contributed by atoms with Crippen molar-refractivity contribution in [3.8, 4) is 23.2 Å². The Labute approximate surface area is 204 Å². The zero-order valence-corrected chi connectivity index (χ0v) is 20.8. The number of aryl methyl sites for hydroxylation is 1. The van der Waals surface area contributed by atoms with Crippen LogP contribution in [0.4, 0.5) is 5.69 Å². The molecule has 1 aliphatic heterocycles. The lowest BCUT2D eigenvalue weighted by molar-refractivity contribution is 0.475. The first-order valence-corrected chi connectivity index (χ1v) is 13.9. The van der Waals surface area contributed by atoms with Gasteiger partial charge in [0.2, 0.25) is 0 Å². The standard InChI is InChI=1S/C24H27N5O3S2/c1-29-23(20-7-3-5-18(13-20)15-25)27-28-24(29)33-12-4-6-17-8-9-19-14-21(32-34(2,30)31)10-11-22(19)26-16-17/h3,5,7,10-11,13-14,17,26H,4,6,8-9,12,16H2,1-2H3. The van der Waals surface area contributed by atoms with Crippen LogP contribution in [0.2, 0.25) is 0 Å². The van der Waals surface area contributed by atoms with Crippen molar-refractivity contribution in [2.75, 3.05) is 23.9 Å². The van der Waals surface area contributed by atoms with Gasteiger partial charge in [0, 0.05) is 30.6 Å². The van der Waals surface area contributed by atoms with Crippen LogP contribution in [0.1, 0.15) is 30.4 Å². The van der Waals surface area contributed by atoms with Crippen molar-refractivity contribution in [1.82, 2.24) is 14.8 Å². The monoisotopic (exact) mass is 497 g/mol. The normalized spacial score (nSPS) is 15.6. The van der Waals surface area contributed by atoms with Crippen LogP contribution in [0.15, 0.2) is 47.6 Å².